The van der Waals surface area contributed by atoms with E-state index in [2.05, 4.69) is 11.4 Å². The summed E-state index contributed by atoms with van der Waals surface area (Å²) in [6.07, 6.45) is 0.944. The average molecular weight is 267 g/mol. The molecule has 0 radical (unpaired) electrons. The second-order valence-electron chi connectivity index (χ2n) is 4.30. The minimum atomic E-state index is -0.854. The van der Waals surface area contributed by atoms with Gasteiger partial charge in [-0.1, -0.05) is 23.7 Å². The summed E-state index contributed by atoms with van der Waals surface area (Å²) in [7, 11) is 0. The molecule has 0 heterocycles. The lowest BCUT2D eigenvalue weighted by molar-refractivity contribution is -0.137. The number of aliphatic carboxylic acids is 1. The van der Waals surface area contributed by atoms with E-state index in [1.807, 2.05) is 12.1 Å². The highest BCUT2D eigenvalue weighted by Crippen LogP contribution is 2.26. The largest absolute Gasteiger partial charge is 0.481 e. The van der Waals surface area contributed by atoms with Crippen molar-refractivity contribution in [2.75, 3.05) is 5.32 Å². The summed E-state index contributed by atoms with van der Waals surface area (Å²) in [4.78, 5) is 10.5. The van der Waals surface area contributed by atoms with Crippen molar-refractivity contribution in [2.24, 2.45) is 0 Å². The zero-order chi connectivity index (χ0) is 13.6. The first-order valence-electron chi connectivity index (χ1n) is 5.62. The van der Waals surface area contributed by atoms with Gasteiger partial charge >= 0.3 is 5.97 Å². The summed E-state index contributed by atoms with van der Waals surface area (Å²) in [5.41, 5.74) is -0.140. The van der Waals surface area contributed by atoms with Gasteiger partial charge in [0.05, 0.1) is 16.8 Å². The molecule has 0 aromatic heterocycles. The van der Waals surface area contributed by atoms with Crippen molar-refractivity contribution in [3.63, 3.8) is 0 Å². The SMILES string of the molecule is CC(C#N)(CCCC(=O)O)Nc1ccccc1Cl. The zero-order valence-corrected chi connectivity index (χ0v) is 10.9. The maximum absolute atomic E-state index is 10.5. The first-order valence-corrected chi connectivity index (χ1v) is 6.00. The molecule has 0 bridgehead atoms. The molecule has 96 valence electrons. The van der Waals surface area contributed by atoms with E-state index in [0.717, 1.165) is 0 Å². The number of hydrogen-bond acceptors (Lipinski definition) is 3. The van der Waals surface area contributed by atoms with Gasteiger partial charge in [-0.3, -0.25) is 4.79 Å². The Kier molecular flexibility index (Phi) is 4.99. The lowest BCUT2D eigenvalue weighted by Gasteiger charge is -2.24. The lowest BCUT2D eigenvalue weighted by Crippen LogP contribution is -2.33. The van der Waals surface area contributed by atoms with Crippen molar-refractivity contribution in [1.82, 2.24) is 0 Å². The first-order chi connectivity index (χ1) is 8.47. The van der Waals surface area contributed by atoms with Crippen molar-refractivity contribution >= 4 is 23.3 Å². The van der Waals surface area contributed by atoms with Crippen LogP contribution in [0.5, 0.6) is 0 Å². The fourth-order valence-electron chi connectivity index (χ4n) is 1.60. The number of carbonyl (C=O) groups is 1. The standard InChI is InChI=1S/C13H15ClN2O2/c1-13(9-15,8-4-7-12(17)18)16-11-6-3-2-5-10(11)14/h2-3,5-6,16H,4,7-8H2,1H3,(H,17,18). The molecule has 4 nitrogen and oxygen atoms in total. The highest BCUT2D eigenvalue weighted by atomic mass is 35.5. The molecule has 0 saturated heterocycles. The molecule has 0 aliphatic rings. The highest BCUT2D eigenvalue weighted by Gasteiger charge is 2.24. The quantitative estimate of drug-likeness (QED) is 0.829. The predicted molar refractivity (Wildman–Crippen MR) is 70.6 cm³/mol. The van der Waals surface area contributed by atoms with Crippen LogP contribution >= 0.6 is 11.6 Å². The normalized spacial score (nSPS) is 13.4. The molecule has 0 spiro atoms. The van der Waals surface area contributed by atoms with E-state index in [4.69, 9.17) is 16.7 Å². The molecule has 1 atom stereocenters. The lowest BCUT2D eigenvalue weighted by atomic mass is 9.96. The predicted octanol–water partition coefficient (Wildman–Crippen LogP) is 3.29. The third-order valence-corrected chi connectivity index (χ3v) is 2.93. The number of benzene rings is 1. The van der Waals surface area contributed by atoms with Crippen molar-refractivity contribution in [1.29, 1.82) is 5.26 Å². The Morgan fingerprint density at radius 3 is 2.78 bits per heavy atom. The second-order valence-corrected chi connectivity index (χ2v) is 4.70. The number of para-hydroxylation sites is 1. The molecule has 0 aliphatic carbocycles. The number of anilines is 1. The molecule has 1 rings (SSSR count). The Hall–Kier alpha value is -1.73. The fourth-order valence-corrected chi connectivity index (χ4v) is 1.78. The van der Waals surface area contributed by atoms with Crippen LogP contribution in [0.1, 0.15) is 26.2 Å². The van der Waals surface area contributed by atoms with Crippen LogP contribution in [0.2, 0.25) is 5.02 Å². The van der Waals surface area contributed by atoms with Crippen molar-refractivity contribution in [3.05, 3.63) is 29.3 Å². The first kappa shape index (κ1) is 14.3. The molecule has 18 heavy (non-hydrogen) atoms. The van der Waals surface area contributed by atoms with Gasteiger partial charge in [-0.25, -0.2) is 0 Å². The molecule has 1 aromatic carbocycles. The summed E-state index contributed by atoms with van der Waals surface area (Å²) in [6.45, 7) is 1.73. The van der Waals surface area contributed by atoms with Crippen molar-refractivity contribution in [2.45, 2.75) is 31.7 Å². The Balaban J connectivity index is 2.68. The Bertz CT molecular complexity index is 470. The van der Waals surface area contributed by atoms with E-state index < -0.39 is 11.5 Å². The molecule has 1 aromatic rings. The average Bonchev–Trinajstić information content (AvgIpc) is 2.32. The van der Waals surface area contributed by atoms with Gasteiger partial charge in [-0.05, 0) is 31.9 Å². The third kappa shape index (κ3) is 4.27. The van der Waals surface area contributed by atoms with E-state index >= 15 is 0 Å². The van der Waals surface area contributed by atoms with Gasteiger partial charge in [0.25, 0.3) is 0 Å². The van der Waals surface area contributed by atoms with Crippen LogP contribution < -0.4 is 5.32 Å². The summed E-state index contributed by atoms with van der Waals surface area (Å²) < 4.78 is 0. The van der Waals surface area contributed by atoms with E-state index in [1.165, 1.54) is 0 Å². The molecular formula is C13H15ClN2O2. The van der Waals surface area contributed by atoms with E-state index in [1.54, 1.807) is 19.1 Å². The Labute approximate surface area is 111 Å². The second kappa shape index (κ2) is 6.27. The van der Waals surface area contributed by atoms with E-state index in [-0.39, 0.29) is 6.42 Å². The van der Waals surface area contributed by atoms with Crippen LogP contribution in [0, 0.1) is 11.3 Å². The molecule has 0 aliphatic heterocycles. The van der Waals surface area contributed by atoms with Gasteiger partial charge in [-0.2, -0.15) is 5.26 Å². The molecule has 1 unspecified atom stereocenters. The number of nitrogens with zero attached hydrogens (tertiary/aromatic N) is 1. The number of hydrogen-bond donors (Lipinski definition) is 2. The number of carboxylic acids is 1. The van der Waals surface area contributed by atoms with Gasteiger partial charge in [-0.15, -0.1) is 0 Å². The van der Waals surface area contributed by atoms with Crippen LogP contribution in [0.3, 0.4) is 0 Å². The highest BCUT2D eigenvalue weighted by molar-refractivity contribution is 6.33. The minimum absolute atomic E-state index is 0.0570. The van der Waals surface area contributed by atoms with Crippen LogP contribution in [0.4, 0.5) is 5.69 Å². The molecule has 2 N–H and O–H groups in total. The number of rotatable bonds is 6. The maximum Gasteiger partial charge on any atom is 0.303 e. The van der Waals surface area contributed by atoms with Crippen molar-refractivity contribution in [3.8, 4) is 6.07 Å². The summed E-state index contributed by atoms with van der Waals surface area (Å²) in [5, 5.41) is 21.4. The van der Waals surface area contributed by atoms with Crippen LogP contribution in [0.15, 0.2) is 24.3 Å². The van der Waals surface area contributed by atoms with E-state index in [9.17, 15) is 10.1 Å². The van der Waals surface area contributed by atoms with Gasteiger partial charge in [0, 0.05) is 6.42 Å². The number of nitrogens with one attached hydrogen (secondary N) is 1. The van der Waals surface area contributed by atoms with Crippen LogP contribution in [0.25, 0.3) is 0 Å². The van der Waals surface area contributed by atoms with Crippen LogP contribution in [-0.2, 0) is 4.79 Å². The Morgan fingerprint density at radius 2 is 2.22 bits per heavy atom. The fraction of sp³-hybridized carbons (Fsp3) is 0.385. The molecule has 0 fully saturated rings. The van der Waals surface area contributed by atoms with Crippen LogP contribution in [-0.4, -0.2) is 16.6 Å². The molecule has 0 amide bonds. The van der Waals surface area contributed by atoms with Gasteiger partial charge < -0.3 is 10.4 Å². The zero-order valence-electron chi connectivity index (χ0n) is 10.1. The summed E-state index contributed by atoms with van der Waals surface area (Å²) >= 11 is 6.01. The van der Waals surface area contributed by atoms with E-state index in [0.29, 0.717) is 23.6 Å². The van der Waals surface area contributed by atoms with Gasteiger partial charge in [0.1, 0.15) is 5.54 Å². The molecule has 5 heteroatoms. The molecular weight excluding hydrogens is 252 g/mol. The number of nitriles is 1. The summed E-state index contributed by atoms with van der Waals surface area (Å²) in [5.74, 6) is -0.854. The number of halogens is 1. The molecule has 0 saturated carbocycles. The third-order valence-electron chi connectivity index (χ3n) is 2.60. The van der Waals surface area contributed by atoms with Gasteiger partial charge in [0.15, 0.2) is 0 Å². The minimum Gasteiger partial charge on any atom is -0.481 e. The summed E-state index contributed by atoms with van der Waals surface area (Å²) in [6, 6.07) is 9.32. The smallest absolute Gasteiger partial charge is 0.303 e. The van der Waals surface area contributed by atoms with Crippen molar-refractivity contribution < 1.29 is 9.90 Å². The topological polar surface area (TPSA) is 73.1 Å². The Morgan fingerprint density at radius 1 is 1.56 bits per heavy atom. The van der Waals surface area contributed by atoms with Gasteiger partial charge in [0.2, 0.25) is 0 Å². The number of carboxylic acid groups (broad SMARTS) is 1. The monoisotopic (exact) mass is 266 g/mol. The maximum atomic E-state index is 10.5.